The first kappa shape index (κ1) is 13.5. The molecule has 0 aromatic carbocycles. The van der Waals surface area contributed by atoms with Crippen molar-refractivity contribution >= 4 is 5.97 Å². The normalized spacial score (nSPS) is 30.4. The third kappa shape index (κ3) is 4.52. The Morgan fingerprint density at radius 2 is 1.94 bits per heavy atom. The van der Waals surface area contributed by atoms with Gasteiger partial charge in [0.05, 0.1) is 12.2 Å². The molecule has 1 rings (SSSR count). The van der Waals surface area contributed by atoms with Gasteiger partial charge in [-0.25, -0.2) is 4.79 Å². The van der Waals surface area contributed by atoms with Crippen molar-refractivity contribution < 1.29 is 14.3 Å². The van der Waals surface area contributed by atoms with Crippen molar-refractivity contribution in [3.8, 4) is 0 Å². The van der Waals surface area contributed by atoms with Crippen LogP contribution in [0.25, 0.3) is 0 Å². The molecule has 0 bridgehead atoms. The quantitative estimate of drug-likeness (QED) is 0.694. The minimum absolute atomic E-state index is 0.0543. The third-order valence-corrected chi connectivity index (χ3v) is 3.35. The Labute approximate surface area is 98.5 Å². The Bertz CT molecular complexity index is 225. The van der Waals surface area contributed by atoms with Crippen LogP contribution in [0.4, 0.5) is 0 Å². The van der Waals surface area contributed by atoms with E-state index in [1.807, 2.05) is 13.8 Å². The molecule has 1 aliphatic carbocycles. The second kappa shape index (κ2) is 6.24. The molecule has 1 aliphatic rings. The van der Waals surface area contributed by atoms with Crippen LogP contribution < -0.4 is 0 Å². The summed E-state index contributed by atoms with van der Waals surface area (Å²) in [6, 6.07) is 0. The molecular formula is C13H24O3. The van der Waals surface area contributed by atoms with Crippen LogP contribution in [-0.2, 0) is 14.3 Å². The summed E-state index contributed by atoms with van der Waals surface area (Å²) in [5.41, 5.74) is 0. The van der Waals surface area contributed by atoms with Gasteiger partial charge < -0.3 is 9.47 Å². The van der Waals surface area contributed by atoms with Crippen LogP contribution >= 0.6 is 0 Å². The predicted molar refractivity (Wildman–Crippen MR) is 63.1 cm³/mol. The lowest BCUT2D eigenvalue weighted by Crippen LogP contribution is -2.29. The fourth-order valence-electron chi connectivity index (χ4n) is 2.13. The van der Waals surface area contributed by atoms with Gasteiger partial charge in [-0.3, -0.25) is 0 Å². The molecule has 0 amide bonds. The average molecular weight is 228 g/mol. The Morgan fingerprint density at radius 3 is 2.50 bits per heavy atom. The molecule has 0 radical (unpaired) electrons. The number of rotatable bonds is 4. The number of carbonyl (C=O) groups excluding carboxylic acids is 1. The van der Waals surface area contributed by atoms with Gasteiger partial charge in [0.2, 0.25) is 0 Å². The Morgan fingerprint density at radius 1 is 1.25 bits per heavy atom. The molecule has 0 aliphatic heterocycles. The van der Waals surface area contributed by atoms with Gasteiger partial charge in [0, 0.05) is 0 Å². The van der Waals surface area contributed by atoms with E-state index in [1.165, 1.54) is 6.42 Å². The highest BCUT2D eigenvalue weighted by atomic mass is 16.6. The molecular weight excluding hydrogens is 204 g/mol. The summed E-state index contributed by atoms with van der Waals surface area (Å²) in [6.45, 7) is 8.34. The molecule has 0 spiro atoms. The first-order chi connectivity index (χ1) is 7.49. The van der Waals surface area contributed by atoms with Gasteiger partial charge >= 0.3 is 5.97 Å². The Hall–Kier alpha value is -0.570. The van der Waals surface area contributed by atoms with E-state index in [-0.39, 0.29) is 24.8 Å². The molecule has 3 heteroatoms. The highest BCUT2D eigenvalue weighted by Crippen LogP contribution is 2.30. The zero-order chi connectivity index (χ0) is 12.1. The lowest BCUT2D eigenvalue weighted by molar-refractivity contribution is -0.156. The van der Waals surface area contributed by atoms with Crippen molar-refractivity contribution in [3.63, 3.8) is 0 Å². The van der Waals surface area contributed by atoms with Crippen molar-refractivity contribution in [3.05, 3.63) is 0 Å². The van der Waals surface area contributed by atoms with E-state index in [2.05, 4.69) is 13.8 Å². The topological polar surface area (TPSA) is 35.5 Å². The number of hydrogen-bond donors (Lipinski definition) is 0. The molecule has 1 saturated carbocycles. The van der Waals surface area contributed by atoms with Crippen molar-refractivity contribution in [2.24, 2.45) is 11.8 Å². The second-order valence-electron chi connectivity index (χ2n) is 5.24. The minimum atomic E-state index is -0.249. The zero-order valence-electron chi connectivity index (χ0n) is 10.9. The van der Waals surface area contributed by atoms with Gasteiger partial charge in [0.1, 0.15) is 6.61 Å². The van der Waals surface area contributed by atoms with Crippen molar-refractivity contribution in [1.82, 2.24) is 0 Å². The maximum Gasteiger partial charge on any atom is 0.332 e. The van der Waals surface area contributed by atoms with Crippen LogP contribution in [-0.4, -0.2) is 24.8 Å². The summed E-state index contributed by atoms with van der Waals surface area (Å²) in [7, 11) is 0. The molecule has 0 heterocycles. The highest BCUT2D eigenvalue weighted by Gasteiger charge is 2.25. The lowest BCUT2D eigenvalue weighted by Gasteiger charge is -2.31. The largest absolute Gasteiger partial charge is 0.461 e. The molecule has 0 N–H and O–H groups in total. The second-order valence-corrected chi connectivity index (χ2v) is 5.24. The number of carbonyl (C=O) groups is 1. The van der Waals surface area contributed by atoms with E-state index in [0.29, 0.717) is 5.92 Å². The van der Waals surface area contributed by atoms with Gasteiger partial charge in [0.25, 0.3) is 0 Å². The highest BCUT2D eigenvalue weighted by molar-refractivity contribution is 5.70. The molecule has 16 heavy (non-hydrogen) atoms. The molecule has 1 fully saturated rings. The summed E-state index contributed by atoms with van der Waals surface area (Å²) in [6.07, 6.45) is 3.52. The lowest BCUT2D eigenvalue weighted by atomic mass is 9.80. The van der Waals surface area contributed by atoms with Gasteiger partial charge in [0.15, 0.2) is 0 Å². The number of esters is 1. The molecule has 3 atom stereocenters. The first-order valence-electron chi connectivity index (χ1n) is 6.30. The van der Waals surface area contributed by atoms with E-state index in [1.54, 1.807) is 0 Å². The van der Waals surface area contributed by atoms with Crippen LogP contribution in [0.2, 0.25) is 0 Å². The molecule has 94 valence electrons. The SMILES string of the molecule is CC(C)OC(=O)COC1CCC(C)C(C)C1. The van der Waals surface area contributed by atoms with Crippen LogP contribution in [0.1, 0.15) is 47.0 Å². The Kier molecular flexibility index (Phi) is 5.26. The summed E-state index contributed by atoms with van der Waals surface area (Å²) in [4.78, 5) is 11.3. The van der Waals surface area contributed by atoms with Crippen LogP contribution in [0.3, 0.4) is 0 Å². The zero-order valence-corrected chi connectivity index (χ0v) is 10.9. The fraction of sp³-hybridized carbons (Fsp3) is 0.923. The Balaban J connectivity index is 2.20. The van der Waals surface area contributed by atoms with Crippen LogP contribution in [0.5, 0.6) is 0 Å². The summed E-state index contributed by atoms with van der Waals surface area (Å²) in [5.74, 6) is 1.23. The van der Waals surface area contributed by atoms with E-state index in [0.717, 1.165) is 18.8 Å². The van der Waals surface area contributed by atoms with Gasteiger partial charge in [-0.1, -0.05) is 13.8 Å². The monoisotopic (exact) mass is 228 g/mol. The third-order valence-electron chi connectivity index (χ3n) is 3.35. The molecule has 3 nitrogen and oxygen atoms in total. The van der Waals surface area contributed by atoms with E-state index in [9.17, 15) is 4.79 Å². The van der Waals surface area contributed by atoms with Gasteiger partial charge in [-0.2, -0.15) is 0 Å². The van der Waals surface area contributed by atoms with Gasteiger partial charge in [-0.05, 0) is 44.9 Å². The van der Waals surface area contributed by atoms with Gasteiger partial charge in [-0.15, -0.1) is 0 Å². The molecule has 0 aromatic heterocycles. The number of hydrogen-bond acceptors (Lipinski definition) is 3. The van der Waals surface area contributed by atoms with E-state index in [4.69, 9.17) is 9.47 Å². The first-order valence-corrected chi connectivity index (χ1v) is 6.30. The van der Waals surface area contributed by atoms with Crippen LogP contribution in [0, 0.1) is 11.8 Å². The van der Waals surface area contributed by atoms with Crippen molar-refractivity contribution in [2.75, 3.05) is 6.61 Å². The summed E-state index contributed by atoms with van der Waals surface area (Å²) in [5, 5.41) is 0. The predicted octanol–water partition coefficient (Wildman–Crippen LogP) is 2.78. The van der Waals surface area contributed by atoms with E-state index < -0.39 is 0 Å². The van der Waals surface area contributed by atoms with Crippen molar-refractivity contribution in [1.29, 1.82) is 0 Å². The van der Waals surface area contributed by atoms with E-state index >= 15 is 0 Å². The molecule has 0 aromatic rings. The van der Waals surface area contributed by atoms with Crippen molar-refractivity contribution in [2.45, 2.75) is 59.2 Å². The molecule has 3 unspecified atom stereocenters. The summed E-state index contributed by atoms with van der Waals surface area (Å²) < 4.78 is 10.6. The number of ether oxygens (including phenoxy) is 2. The minimum Gasteiger partial charge on any atom is -0.461 e. The summed E-state index contributed by atoms with van der Waals surface area (Å²) >= 11 is 0. The fourth-order valence-corrected chi connectivity index (χ4v) is 2.13. The van der Waals surface area contributed by atoms with Crippen LogP contribution in [0.15, 0.2) is 0 Å². The average Bonchev–Trinajstić information content (AvgIpc) is 2.19. The maximum atomic E-state index is 11.3. The standard InChI is InChI=1S/C13H24O3/c1-9(2)16-13(14)8-15-12-6-5-10(3)11(4)7-12/h9-12H,5-8H2,1-4H3. The smallest absolute Gasteiger partial charge is 0.332 e. The maximum absolute atomic E-state index is 11.3. The molecule has 0 saturated heterocycles.